The molecule has 0 saturated carbocycles. The first kappa shape index (κ1) is 25.5. The lowest BCUT2D eigenvalue weighted by molar-refractivity contribution is 0.292. The molecule has 4 nitrogen and oxygen atoms in total. The number of aliphatic imine (C=N–C) groups is 1. The van der Waals surface area contributed by atoms with Crippen molar-refractivity contribution in [2.45, 2.75) is 58.0 Å². The van der Waals surface area contributed by atoms with E-state index in [1.54, 1.807) is 11.8 Å². The first-order chi connectivity index (χ1) is 12.1. The van der Waals surface area contributed by atoms with Gasteiger partial charge in [-0.2, -0.15) is 0 Å². The maximum Gasteiger partial charge on any atom is 0.191 e. The second-order valence-electron chi connectivity index (χ2n) is 6.26. The third-order valence-corrected chi connectivity index (χ3v) is 5.06. The molecule has 1 rings (SSSR count). The molecular weight excluding hydrogens is 455 g/mol. The number of rotatable bonds is 11. The molecule has 1 aromatic carbocycles. The van der Waals surface area contributed by atoms with E-state index in [1.165, 1.54) is 23.4 Å². The van der Waals surface area contributed by atoms with Crippen LogP contribution in [0.15, 0.2) is 34.2 Å². The molecule has 0 radical (unpaired) electrons. The van der Waals surface area contributed by atoms with E-state index in [1.807, 2.05) is 0 Å². The van der Waals surface area contributed by atoms with Gasteiger partial charge in [0.05, 0.1) is 6.54 Å². The summed E-state index contributed by atoms with van der Waals surface area (Å²) in [5.41, 5.74) is 1.24. The number of hydrogen-bond donors (Lipinski definition) is 2. The Kier molecular flexibility index (Phi) is 15.3. The number of guanidine groups is 1. The van der Waals surface area contributed by atoms with E-state index in [2.05, 4.69) is 73.7 Å². The average molecular weight is 493 g/mol. The van der Waals surface area contributed by atoms with Crippen molar-refractivity contribution in [2.24, 2.45) is 4.99 Å². The van der Waals surface area contributed by atoms with Crippen LogP contribution in [0.5, 0.6) is 0 Å². The van der Waals surface area contributed by atoms with Gasteiger partial charge in [-0.15, -0.1) is 35.7 Å². The Hall–Kier alpha value is -0.470. The van der Waals surface area contributed by atoms with Gasteiger partial charge in [0.2, 0.25) is 0 Å². The zero-order valence-corrected chi connectivity index (χ0v) is 20.2. The van der Waals surface area contributed by atoms with Crippen molar-refractivity contribution in [1.29, 1.82) is 0 Å². The highest BCUT2D eigenvalue weighted by Gasteiger charge is 2.06. The van der Waals surface area contributed by atoms with E-state index in [0.29, 0.717) is 12.6 Å². The van der Waals surface area contributed by atoms with Crippen LogP contribution >= 0.6 is 35.7 Å². The minimum Gasteiger partial charge on any atom is -0.357 e. The van der Waals surface area contributed by atoms with Crippen molar-refractivity contribution >= 4 is 41.7 Å². The van der Waals surface area contributed by atoms with E-state index in [4.69, 9.17) is 4.99 Å². The standard InChI is InChI=1S/C20H36N4S.HI/c1-6-21-20(22-16-18-11-13-19(25-5)14-12-18)23-17(4)10-9-15-24(7-2)8-3;/h11-14,17H,6-10,15-16H2,1-5H3,(H2,21,22,23);1H. The van der Waals surface area contributed by atoms with Crippen LogP contribution in [0.25, 0.3) is 0 Å². The number of thioether (sulfide) groups is 1. The van der Waals surface area contributed by atoms with Crippen LogP contribution in [0.2, 0.25) is 0 Å². The van der Waals surface area contributed by atoms with Gasteiger partial charge in [0.25, 0.3) is 0 Å². The average Bonchev–Trinajstić information content (AvgIpc) is 2.64. The maximum atomic E-state index is 4.73. The lowest BCUT2D eigenvalue weighted by atomic mass is 10.2. The van der Waals surface area contributed by atoms with Gasteiger partial charge in [-0.05, 0) is 70.3 Å². The van der Waals surface area contributed by atoms with Crippen LogP contribution in [0.4, 0.5) is 0 Å². The summed E-state index contributed by atoms with van der Waals surface area (Å²) in [6.45, 7) is 13.8. The molecule has 2 N–H and O–H groups in total. The normalized spacial score (nSPS) is 12.6. The molecule has 1 aromatic rings. The van der Waals surface area contributed by atoms with E-state index < -0.39 is 0 Å². The van der Waals surface area contributed by atoms with Crippen LogP contribution in [-0.4, -0.2) is 49.3 Å². The van der Waals surface area contributed by atoms with Gasteiger partial charge in [-0.3, -0.25) is 0 Å². The Balaban J connectivity index is 0.00000625. The van der Waals surface area contributed by atoms with Gasteiger partial charge in [-0.25, -0.2) is 4.99 Å². The summed E-state index contributed by atoms with van der Waals surface area (Å²) in [5, 5.41) is 6.89. The number of nitrogens with one attached hydrogen (secondary N) is 2. The molecule has 0 aliphatic heterocycles. The molecule has 150 valence electrons. The Bertz CT molecular complexity index is 489. The Morgan fingerprint density at radius 3 is 2.35 bits per heavy atom. The van der Waals surface area contributed by atoms with Crippen LogP contribution in [0.1, 0.15) is 46.1 Å². The summed E-state index contributed by atoms with van der Waals surface area (Å²) in [4.78, 5) is 8.50. The fourth-order valence-corrected chi connectivity index (χ4v) is 3.10. The quantitative estimate of drug-likeness (QED) is 0.205. The molecule has 1 atom stereocenters. The van der Waals surface area contributed by atoms with Crippen LogP contribution in [0, 0.1) is 0 Å². The van der Waals surface area contributed by atoms with E-state index in [-0.39, 0.29) is 24.0 Å². The SMILES string of the molecule is CCNC(=NCc1ccc(SC)cc1)NC(C)CCCN(CC)CC.I. The maximum absolute atomic E-state index is 4.73. The molecule has 0 aliphatic carbocycles. The molecule has 0 saturated heterocycles. The van der Waals surface area contributed by atoms with Crippen molar-refractivity contribution in [3.8, 4) is 0 Å². The largest absolute Gasteiger partial charge is 0.357 e. The first-order valence-corrected chi connectivity index (χ1v) is 10.7. The minimum atomic E-state index is 0. The van der Waals surface area contributed by atoms with Crippen molar-refractivity contribution in [2.75, 3.05) is 32.4 Å². The third kappa shape index (κ3) is 10.6. The van der Waals surface area contributed by atoms with E-state index in [0.717, 1.165) is 32.0 Å². The molecule has 6 heteroatoms. The zero-order chi connectivity index (χ0) is 18.5. The lowest BCUT2D eigenvalue weighted by Gasteiger charge is -2.21. The van der Waals surface area contributed by atoms with Gasteiger partial charge in [0.15, 0.2) is 5.96 Å². The summed E-state index contributed by atoms with van der Waals surface area (Å²) in [5.74, 6) is 0.909. The van der Waals surface area contributed by atoms with Crippen molar-refractivity contribution in [3.05, 3.63) is 29.8 Å². The third-order valence-electron chi connectivity index (χ3n) is 4.31. The zero-order valence-electron chi connectivity index (χ0n) is 17.0. The Morgan fingerprint density at radius 1 is 1.15 bits per heavy atom. The molecular formula is C20H37IN4S. The molecule has 0 heterocycles. The van der Waals surface area contributed by atoms with Crippen LogP contribution < -0.4 is 10.6 Å². The van der Waals surface area contributed by atoms with Gasteiger partial charge in [0, 0.05) is 17.5 Å². The highest BCUT2D eigenvalue weighted by atomic mass is 127. The fourth-order valence-electron chi connectivity index (χ4n) is 2.69. The molecule has 0 aliphatic rings. The summed E-state index contributed by atoms with van der Waals surface area (Å²) in [7, 11) is 0. The van der Waals surface area contributed by atoms with Gasteiger partial charge in [-0.1, -0.05) is 26.0 Å². The van der Waals surface area contributed by atoms with E-state index >= 15 is 0 Å². The molecule has 0 fully saturated rings. The second kappa shape index (κ2) is 15.6. The molecule has 0 aromatic heterocycles. The summed E-state index contributed by atoms with van der Waals surface area (Å²) in [6, 6.07) is 9.06. The van der Waals surface area contributed by atoms with Crippen LogP contribution in [0.3, 0.4) is 0 Å². The Labute approximate surface area is 182 Å². The monoisotopic (exact) mass is 492 g/mol. The van der Waals surface area contributed by atoms with Gasteiger partial charge in [0.1, 0.15) is 0 Å². The number of nitrogens with zero attached hydrogens (tertiary/aromatic N) is 2. The van der Waals surface area contributed by atoms with E-state index in [9.17, 15) is 0 Å². The van der Waals surface area contributed by atoms with Crippen molar-refractivity contribution in [1.82, 2.24) is 15.5 Å². The predicted octanol–water partition coefficient (Wildman–Crippen LogP) is 4.59. The number of hydrogen-bond acceptors (Lipinski definition) is 3. The smallest absolute Gasteiger partial charge is 0.191 e. The first-order valence-electron chi connectivity index (χ1n) is 9.52. The van der Waals surface area contributed by atoms with Crippen LogP contribution in [-0.2, 0) is 6.54 Å². The minimum absolute atomic E-state index is 0. The highest BCUT2D eigenvalue weighted by molar-refractivity contribution is 14.0. The molecule has 26 heavy (non-hydrogen) atoms. The predicted molar refractivity (Wildman–Crippen MR) is 128 cm³/mol. The lowest BCUT2D eigenvalue weighted by Crippen LogP contribution is -2.42. The summed E-state index contributed by atoms with van der Waals surface area (Å²) >= 11 is 1.77. The van der Waals surface area contributed by atoms with Crippen molar-refractivity contribution < 1.29 is 0 Å². The molecule has 0 amide bonds. The fraction of sp³-hybridized carbons (Fsp3) is 0.650. The van der Waals surface area contributed by atoms with Crippen molar-refractivity contribution in [3.63, 3.8) is 0 Å². The molecule has 1 unspecified atom stereocenters. The van der Waals surface area contributed by atoms with Gasteiger partial charge < -0.3 is 15.5 Å². The van der Waals surface area contributed by atoms with Gasteiger partial charge >= 0.3 is 0 Å². The summed E-state index contributed by atoms with van der Waals surface area (Å²) < 4.78 is 0. The number of benzene rings is 1. The molecule has 0 bridgehead atoms. The molecule has 0 spiro atoms. The second-order valence-corrected chi connectivity index (χ2v) is 7.14. The number of halogens is 1. The Morgan fingerprint density at radius 2 is 1.81 bits per heavy atom. The topological polar surface area (TPSA) is 39.7 Å². The highest BCUT2D eigenvalue weighted by Crippen LogP contribution is 2.15. The summed E-state index contributed by atoms with van der Waals surface area (Å²) in [6.07, 6.45) is 4.47.